The van der Waals surface area contributed by atoms with Gasteiger partial charge < -0.3 is 14.7 Å². The van der Waals surface area contributed by atoms with Crippen LogP contribution in [0.2, 0.25) is 0 Å². The highest BCUT2D eigenvalue weighted by molar-refractivity contribution is 5.81. The molecule has 1 aromatic rings. The van der Waals surface area contributed by atoms with E-state index in [2.05, 4.69) is 0 Å². The predicted octanol–water partition coefficient (Wildman–Crippen LogP) is 1.58. The van der Waals surface area contributed by atoms with Gasteiger partial charge in [-0.2, -0.15) is 0 Å². The quantitative estimate of drug-likeness (QED) is 0.665. The molecule has 7 nitrogen and oxygen atoms in total. The van der Waals surface area contributed by atoms with Crippen molar-refractivity contribution in [2.24, 2.45) is 0 Å². The number of aryl methyl sites for hydroxylation is 1. The van der Waals surface area contributed by atoms with Gasteiger partial charge in [0.25, 0.3) is 5.69 Å². The van der Waals surface area contributed by atoms with Gasteiger partial charge in [-0.3, -0.25) is 10.1 Å². The lowest BCUT2D eigenvalue weighted by Crippen LogP contribution is -2.36. The van der Waals surface area contributed by atoms with E-state index in [1.54, 1.807) is 19.1 Å². The van der Waals surface area contributed by atoms with Crippen LogP contribution in [0, 0.1) is 17.0 Å². The molecule has 7 heteroatoms. The first kappa shape index (κ1) is 14.3. The summed E-state index contributed by atoms with van der Waals surface area (Å²) in [6.45, 7) is 2.09. The number of carbonyl (C=O) groups is 1. The van der Waals surface area contributed by atoms with Crippen LogP contribution in [0.1, 0.15) is 12.0 Å². The Labute approximate surface area is 115 Å². The lowest BCUT2D eigenvalue weighted by Gasteiger charge is -2.23. The van der Waals surface area contributed by atoms with Crippen LogP contribution in [0.3, 0.4) is 0 Å². The molecule has 1 heterocycles. The third-order valence-electron chi connectivity index (χ3n) is 3.52. The summed E-state index contributed by atoms with van der Waals surface area (Å²) >= 11 is 0. The second kappa shape index (κ2) is 5.46. The highest BCUT2D eigenvalue weighted by Gasteiger charge is 2.39. The summed E-state index contributed by atoms with van der Waals surface area (Å²) in [5.74, 6) is -1.00. The highest BCUT2D eigenvalue weighted by Crippen LogP contribution is 2.35. The predicted molar refractivity (Wildman–Crippen MR) is 72.0 cm³/mol. The maximum atomic E-state index is 11.3. The Morgan fingerprint density at radius 1 is 1.55 bits per heavy atom. The molecule has 0 amide bonds. The topological polar surface area (TPSA) is 92.9 Å². The number of ether oxygens (including phenoxy) is 1. The molecule has 0 radical (unpaired) electrons. The van der Waals surface area contributed by atoms with Gasteiger partial charge in [-0.1, -0.05) is 6.07 Å². The molecule has 1 N–H and O–H groups in total. The van der Waals surface area contributed by atoms with E-state index < -0.39 is 16.9 Å². The maximum absolute atomic E-state index is 11.3. The molecule has 20 heavy (non-hydrogen) atoms. The van der Waals surface area contributed by atoms with E-state index >= 15 is 0 Å². The Kier molecular flexibility index (Phi) is 3.89. The summed E-state index contributed by atoms with van der Waals surface area (Å²) in [7, 11) is 1.51. The number of carboxylic acid groups (broad SMARTS) is 1. The zero-order valence-corrected chi connectivity index (χ0v) is 11.3. The first-order valence-corrected chi connectivity index (χ1v) is 6.21. The molecule has 0 bridgehead atoms. The van der Waals surface area contributed by atoms with Gasteiger partial charge in [0.15, 0.2) is 0 Å². The zero-order chi connectivity index (χ0) is 14.9. The van der Waals surface area contributed by atoms with Crippen molar-refractivity contribution in [2.75, 3.05) is 18.6 Å². The van der Waals surface area contributed by atoms with Crippen molar-refractivity contribution in [3.63, 3.8) is 0 Å². The number of nitro groups is 1. The largest absolute Gasteiger partial charge is 0.480 e. The molecule has 1 saturated heterocycles. The Balaban J connectivity index is 2.43. The molecule has 1 aliphatic rings. The van der Waals surface area contributed by atoms with Crippen LogP contribution < -0.4 is 4.90 Å². The van der Waals surface area contributed by atoms with Gasteiger partial charge in [-0.05, 0) is 18.6 Å². The fraction of sp³-hybridized carbons (Fsp3) is 0.462. The van der Waals surface area contributed by atoms with Crippen molar-refractivity contribution in [1.29, 1.82) is 0 Å². The molecule has 1 aromatic carbocycles. The van der Waals surface area contributed by atoms with E-state index in [0.717, 1.165) is 5.56 Å². The van der Waals surface area contributed by atoms with Crippen LogP contribution in [0.4, 0.5) is 11.4 Å². The Morgan fingerprint density at radius 2 is 2.25 bits per heavy atom. The summed E-state index contributed by atoms with van der Waals surface area (Å²) in [4.78, 5) is 23.5. The fourth-order valence-electron chi connectivity index (χ4n) is 2.49. The number of nitro benzene ring substituents is 1. The molecule has 108 valence electrons. The molecule has 1 aliphatic heterocycles. The third-order valence-corrected chi connectivity index (χ3v) is 3.52. The number of hydrogen-bond acceptors (Lipinski definition) is 5. The number of methoxy groups -OCH3 is 1. The average molecular weight is 280 g/mol. The van der Waals surface area contributed by atoms with E-state index in [1.807, 2.05) is 0 Å². The van der Waals surface area contributed by atoms with Crippen LogP contribution >= 0.6 is 0 Å². The lowest BCUT2D eigenvalue weighted by molar-refractivity contribution is -0.384. The number of anilines is 1. The van der Waals surface area contributed by atoms with Gasteiger partial charge >= 0.3 is 5.97 Å². The monoisotopic (exact) mass is 280 g/mol. The minimum Gasteiger partial charge on any atom is -0.480 e. The fourth-order valence-corrected chi connectivity index (χ4v) is 2.49. The van der Waals surface area contributed by atoms with E-state index in [9.17, 15) is 20.0 Å². The van der Waals surface area contributed by atoms with E-state index in [0.29, 0.717) is 18.7 Å². The van der Waals surface area contributed by atoms with Crippen LogP contribution in [-0.4, -0.2) is 41.8 Å². The molecule has 0 saturated carbocycles. The minimum atomic E-state index is -1.00. The Morgan fingerprint density at radius 3 is 2.80 bits per heavy atom. The molecule has 1 fully saturated rings. The number of carboxylic acids is 1. The first-order valence-electron chi connectivity index (χ1n) is 6.21. The van der Waals surface area contributed by atoms with Crippen molar-refractivity contribution >= 4 is 17.3 Å². The van der Waals surface area contributed by atoms with Gasteiger partial charge in [0.2, 0.25) is 0 Å². The second-order valence-corrected chi connectivity index (χ2v) is 4.85. The van der Waals surface area contributed by atoms with Crippen molar-refractivity contribution in [3.8, 4) is 0 Å². The Hall–Kier alpha value is -2.15. The maximum Gasteiger partial charge on any atom is 0.326 e. The number of rotatable bonds is 4. The highest BCUT2D eigenvalue weighted by atomic mass is 16.6. The summed E-state index contributed by atoms with van der Waals surface area (Å²) < 4.78 is 5.19. The van der Waals surface area contributed by atoms with Crippen molar-refractivity contribution in [2.45, 2.75) is 25.5 Å². The van der Waals surface area contributed by atoms with Gasteiger partial charge in [0.1, 0.15) is 11.7 Å². The van der Waals surface area contributed by atoms with Gasteiger partial charge in [-0.15, -0.1) is 0 Å². The first-order chi connectivity index (χ1) is 9.43. The van der Waals surface area contributed by atoms with Crippen molar-refractivity contribution in [1.82, 2.24) is 0 Å². The number of hydrogen-bond donors (Lipinski definition) is 1. The average Bonchev–Trinajstić information content (AvgIpc) is 2.82. The van der Waals surface area contributed by atoms with Crippen LogP contribution in [-0.2, 0) is 9.53 Å². The van der Waals surface area contributed by atoms with E-state index in [-0.39, 0.29) is 11.8 Å². The Bertz CT molecular complexity index is 546. The summed E-state index contributed by atoms with van der Waals surface area (Å²) in [6.07, 6.45) is 0.0775. The summed E-state index contributed by atoms with van der Waals surface area (Å²) in [6, 6.07) is 3.98. The second-order valence-electron chi connectivity index (χ2n) is 4.85. The van der Waals surface area contributed by atoms with Crippen LogP contribution in [0.15, 0.2) is 18.2 Å². The van der Waals surface area contributed by atoms with Gasteiger partial charge in [-0.25, -0.2) is 4.79 Å². The normalized spacial score (nSPS) is 22.0. The molecule has 0 aromatic heterocycles. The number of aliphatic carboxylic acids is 1. The number of nitrogens with zero attached hydrogens (tertiary/aromatic N) is 2. The van der Waals surface area contributed by atoms with E-state index in [1.165, 1.54) is 18.1 Å². The van der Waals surface area contributed by atoms with Crippen molar-refractivity contribution < 1.29 is 19.6 Å². The minimum absolute atomic E-state index is 0.0759. The molecule has 2 rings (SSSR count). The summed E-state index contributed by atoms with van der Waals surface area (Å²) in [5.41, 5.74) is 1.01. The van der Waals surface area contributed by atoms with Gasteiger partial charge in [0, 0.05) is 26.1 Å². The summed E-state index contributed by atoms with van der Waals surface area (Å²) in [5, 5.41) is 20.4. The molecular weight excluding hydrogens is 264 g/mol. The van der Waals surface area contributed by atoms with Crippen LogP contribution in [0.5, 0.6) is 0 Å². The smallest absolute Gasteiger partial charge is 0.326 e. The molecule has 2 unspecified atom stereocenters. The van der Waals surface area contributed by atoms with Gasteiger partial charge in [0.05, 0.1) is 11.0 Å². The molecule has 0 aliphatic carbocycles. The standard InChI is InChI=1S/C13H16N2O5/c1-8-3-4-10(11(5-8)15(18)19)14-7-9(20-2)6-12(14)13(16)17/h3-5,9,12H,6-7H2,1-2H3,(H,16,17). The SMILES string of the molecule is COC1CC(C(=O)O)N(c2ccc(C)cc2[N+](=O)[O-])C1. The molecule has 0 spiro atoms. The lowest BCUT2D eigenvalue weighted by atomic mass is 10.1. The third kappa shape index (κ3) is 2.57. The zero-order valence-electron chi connectivity index (χ0n) is 11.3. The van der Waals surface area contributed by atoms with Crippen LogP contribution in [0.25, 0.3) is 0 Å². The molecule has 2 atom stereocenters. The van der Waals surface area contributed by atoms with E-state index in [4.69, 9.17) is 4.74 Å². The van der Waals surface area contributed by atoms with Crippen molar-refractivity contribution in [3.05, 3.63) is 33.9 Å². The molecular formula is C13H16N2O5. The number of benzene rings is 1.